The molecule has 4 rings (SSSR count). The Kier molecular flexibility index (Phi) is 5.88. The van der Waals surface area contributed by atoms with Crippen molar-refractivity contribution < 1.29 is 4.79 Å². The molecular formula is C20H17Cl2N5OS. The van der Waals surface area contributed by atoms with Crippen LogP contribution in [-0.4, -0.2) is 51.9 Å². The van der Waals surface area contributed by atoms with Gasteiger partial charge in [-0.25, -0.2) is 9.97 Å². The van der Waals surface area contributed by atoms with Crippen LogP contribution in [0.2, 0.25) is 8.67 Å². The summed E-state index contributed by atoms with van der Waals surface area (Å²) in [6, 6.07) is 7.57. The predicted molar refractivity (Wildman–Crippen MR) is 117 cm³/mol. The van der Waals surface area contributed by atoms with Crippen molar-refractivity contribution in [1.29, 1.82) is 0 Å². The number of benzene rings is 1. The number of anilines is 1. The second-order valence-corrected chi connectivity index (χ2v) is 8.96. The molecule has 1 amide bonds. The fraction of sp³-hybridized carbons (Fsp3) is 0.250. The number of nitrogens with zero attached hydrogens (tertiary/aromatic N) is 4. The Morgan fingerprint density at radius 2 is 2.07 bits per heavy atom. The van der Waals surface area contributed by atoms with E-state index in [0.717, 1.165) is 28.6 Å². The summed E-state index contributed by atoms with van der Waals surface area (Å²) in [6.45, 7) is 2.81. The number of piperazine rings is 1. The maximum atomic E-state index is 12.6. The number of fused-ring (bicyclic) bond motifs is 1. The molecule has 0 aliphatic carbocycles. The molecule has 2 aromatic heterocycles. The lowest BCUT2D eigenvalue weighted by molar-refractivity contribution is -0.136. The van der Waals surface area contributed by atoms with Crippen molar-refractivity contribution in [1.82, 2.24) is 19.8 Å². The monoisotopic (exact) mass is 445 g/mol. The molecular weight excluding hydrogens is 429 g/mol. The highest BCUT2D eigenvalue weighted by atomic mass is 35.5. The molecule has 9 heteroatoms. The third kappa shape index (κ3) is 4.62. The molecule has 1 fully saturated rings. The zero-order valence-electron chi connectivity index (χ0n) is 15.4. The number of halogens is 2. The van der Waals surface area contributed by atoms with Crippen LogP contribution in [0.15, 0.2) is 30.6 Å². The Bertz CT molecular complexity index is 1140. The Hall–Kier alpha value is -2.37. The zero-order chi connectivity index (χ0) is 20.4. The molecule has 148 valence electrons. The molecule has 29 heavy (non-hydrogen) atoms. The average Bonchev–Trinajstić information content (AvgIpc) is 3.01. The number of rotatable bonds is 3. The standard InChI is InChI=1S/C20H17Cl2N5OS/c21-17-9-14(19(22)29-17)2-1-5-26-6-7-27(18(28)11-26)10-13-3-4-15-16(8-13)24-12-25-20(15)23/h3-4,8-9,12H,5-7,10-11H2,(H2,23,24,25). The van der Waals surface area contributed by atoms with Crippen LogP contribution in [0, 0.1) is 11.8 Å². The second-order valence-electron chi connectivity index (χ2n) is 6.68. The molecule has 2 N–H and O–H groups in total. The van der Waals surface area contributed by atoms with E-state index in [1.165, 1.54) is 17.7 Å². The summed E-state index contributed by atoms with van der Waals surface area (Å²) in [4.78, 5) is 24.7. The lowest BCUT2D eigenvalue weighted by Gasteiger charge is -2.33. The maximum absolute atomic E-state index is 12.6. The van der Waals surface area contributed by atoms with Crippen LogP contribution in [-0.2, 0) is 11.3 Å². The fourth-order valence-electron chi connectivity index (χ4n) is 3.17. The Balaban J connectivity index is 1.36. The number of carbonyl (C=O) groups is 1. The van der Waals surface area contributed by atoms with Crippen molar-refractivity contribution in [3.8, 4) is 11.8 Å². The van der Waals surface area contributed by atoms with Crippen molar-refractivity contribution >= 4 is 57.2 Å². The van der Waals surface area contributed by atoms with Crippen LogP contribution in [0.1, 0.15) is 11.1 Å². The van der Waals surface area contributed by atoms with Gasteiger partial charge in [0, 0.05) is 25.0 Å². The van der Waals surface area contributed by atoms with Gasteiger partial charge in [0.05, 0.1) is 28.5 Å². The van der Waals surface area contributed by atoms with Crippen molar-refractivity contribution in [2.45, 2.75) is 6.54 Å². The van der Waals surface area contributed by atoms with Gasteiger partial charge >= 0.3 is 0 Å². The van der Waals surface area contributed by atoms with Crippen molar-refractivity contribution in [2.24, 2.45) is 0 Å². The summed E-state index contributed by atoms with van der Waals surface area (Å²) in [5.41, 5.74) is 8.39. The van der Waals surface area contributed by atoms with Crippen LogP contribution in [0.5, 0.6) is 0 Å². The van der Waals surface area contributed by atoms with Gasteiger partial charge in [-0.1, -0.05) is 41.1 Å². The molecule has 3 aromatic rings. The van der Waals surface area contributed by atoms with Gasteiger partial charge in [0.2, 0.25) is 5.91 Å². The van der Waals surface area contributed by atoms with E-state index in [1.807, 2.05) is 28.0 Å². The molecule has 0 spiro atoms. The number of hydrogen-bond acceptors (Lipinski definition) is 6. The minimum Gasteiger partial charge on any atom is -0.383 e. The van der Waals surface area contributed by atoms with Crippen LogP contribution < -0.4 is 5.73 Å². The lowest BCUT2D eigenvalue weighted by Crippen LogP contribution is -2.49. The highest BCUT2D eigenvalue weighted by Gasteiger charge is 2.23. The minimum atomic E-state index is 0.0805. The molecule has 0 saturated carbocycles. The number of nitrogens with two attached hydrogens (primary N) is 1. The first kappa shape index (κ1) is 19.9. The van der Waals surface area contributed by atoms with E-state index >= 15 is 0 Å². The summed E-state index contributed by atoms with van der Waals surface area (Å²) in [5, 5.41) is 0.818. The van der Waals surface area contributed by atoms with Gasteiger partial charge < -0.3 is 10.6 Å². The van der Waals surface area contributed by atoms with Gasteiger partial charge in [0.25, 0.3) is 0 Å². The first-order valence-corrected chi connectivity index (χ1v) is 10.5. The van der Waals surface area contributed by atoms with E-state index in [4.69, 9.17) is 28.9 Å². The van der Waals surface area contributed by atoms with E-state index in [-0.39, 0.29) is 5.91 Å². The van der Waals surface area contributed by atoms with E-state index in [9.17, 15) is 4.79 Å². The Labute approximate surface area is 182 Å². The smallest absolute Gasteiger partial charge is 0.237 e. The lowest BCUT2D eigenvalue weighted by atomic mass is 10.1. The van der Waals surface area contributed by atoms with Gasteiger partial charge in [-0.05, 0) is 23.8 Å². The van der Waals surface area contributed by atoms with E-state index in [2.05, 4.69) is 21.8 Å². The minimum absolute atomic E-state index is 0.0805. The molecule has 3 heterocycles. The normalized spacial score (nSPS) is 14.8. The van der Waals surface area contributed by atoms with Gasteiger partial charge in [-0.2, -0.15) is 0 Å². The number of carbonyl (C=O) groups excluding carboxylic acids is 1. The van der Waals surface area contributed by atoms with Gasteiger partial charge in [-0.15, -0.1) is 11.3 Å². The first-order chi connectivity index (χ1) is 14.0. The quantitative estimate of drug-likeness (QED) is 0.626. The zero-order valence-corrected chi connectivity index (χ0v) is 17.7. The molecule has 0 bridgehead atoms. The molecule has 0 unspecified atom stereocenters. The van der Waals surface area contributed by atoms with Crippen LogP contribution in [0.3, 0.4) is 0 Å². The number of thiophene rings is 1. The maximum Gasteiger partial charge on any atom is 0.237 e. The number of aromatic nitrogens is 2. The van der Waals surface area contributed by atoms with Gasteiger partial charge in [-0.3, -0.25) is 9.69 Å². The molecule has 1 aliphatic rings. The summed E-state index contributed by atoms with van der Waals surface area (Å²) >= 11 is 13.3. The number of hydrogen-bond donors (Lipinski definition) is 1. The predicted octanol–water partition coefficient (Wildman–Crippen LogP) is 3.28. The topological polar surface area (TPSA) is 75.3 Å². The number of nitrogen functional groups attached to an aromatic ring is 1. The van der Waals surface area contributed by atoms with Crippen LogP contribution in [0.4, 0.5) is 5.82 Å². The largest absolute Gasteiger partial charge is 0.383 e. The second kappa shape index (κ2) is 8.56. The van der Waals surface area contributed by atoms with Gasteiger partial charge in [0.1, 0.15) is 16.5 Å². The molecule has 0 atom stereocenters. The van der Waals surface area contributed by atoms with Crippen molar-refractivity contribution in [2.75, 3.05) is 31.9 Å². The summed E-state index contributed by atoms with van der Waals surface area (Å²) in [6.07, 6.45) is 1.45. The first-order valence-electron chi connectivity index (χ1n) is 8.92. The fourth-order valence-corrected chi connectivity index (χ4v) is 4.55. The van der Waals surface area contributed by atoms with Crippen molar-refractivity contribution in [3.63, 3.8) is 0 Å². The van der Waals surface area contributed by atoms with E-state index in [1.54, 1.807) is 6.07 Å². The Morgan fingerprint density at radius 3 is 2.83 bits per heavy atom. The van der Waals surface area contributed by atoms with E-state index in [0.29, 0.717) is 40.7 Å². The molecule has 1 saturated heterocycles. The summed E-state index contributed by atoms with van der Waals surface area (Å²) in [7, 11) is 0. The number of amides is 1. The highest BCUT2D eigenvalue weighted by molar-refractivity contribution is 7.20. The SMILES string of the molecule is Nc1ncnc2cc(CN3CCN(CC#Cc4cc(Cl)sc4Cl)CC3=O)ccc12. The van der Waals surface area contributed by atoms with Crippen LogP contribution in [0.25, 0.3) is 10.9 Å². The molecule has 1 aromatic carbocycles. The molecule has 6 nitrogen and oxygen atoms in total. The van der Waals surface area contributed by atoms with Gasteiger partial charge in [0.15, 0.2) is 0 Å². The average molecular weight is 446 g/mol. The van der Waals surface area contributed by atoms with E-state index < -0.39 is 0 Å². The third-order valence-corrected chi connectivity index (χ3v) is 6.17. The molecule has 1 aliphatic heterocycles. The summed E-state index contributed by atoms with van der Waals surface area (Å²) < 4.78 is 1.21. The Morgan fingerprint density at radius 1 is 1.21 bits per heavy atom. The molecule has 0 radical (unpaired) electrons. The summed E-state index contributed by atoms with van der Waals surface area (Å²) in [5.74, 6) is 6.64. The third-order valence-electron chi connectivity index (χ3n) is 4.69. The highest BCUT2D eigenvalue weighted by Crippen LogP contribution is 2.30. The van der Waals surface area contributed by atoms with Crippen molar-refractivity contribution in [3.05, 3.63) is 50.4 Å². The van der Waals surface area contributed by atoms with Crippen LogP contribution >= 0.6 is 34.5 Å².